The van der Waals surface area contributed by atoms with Crippen LogP contribution in [0.3, 0.4) is 0 Å². The molecule has 3 aromatic heterocycles. The van der Waals surface area contributed by atoms with E-state index < -0.39 is 4.92 Å². The van der Waals surface area contributed by atoms with Crippen molar-refractivity contribution in [1.29, 1.82) is 0 Å². The molecule has 1 saturated heterocycles. The Morgan fingerprint density at radius 3 is 2.64 bits per heavy atom. The highest BCUT2D eigenvalue weighted by atomic mass is 32.1. The van der Waals surface area contributed by atoms with Crippen LogP contribution in [0.4, 0.5) is 5.00 Å². The van der Waals surface area contributed by atoms with Crippen molar-refractivity contribution in [2.75, 3.05) is 20.1 Å². The lowest BCUT2D eigenvalue weighted by molar-refractivity contribution is -0.380. The molecule has 0 N–H and O–H groups in total. The van der Waals surface area contributed by atoms with Crippen LogP contribution < -0.4 is 0 Å². The summed E-state index contributed by atoms with van der Waals surface area (Å²) in [7, 11) is 1.73. The zero-order valence-corrected chi connectivity index (χ0v) is 19.2. The maximum absolute atomic E-state index is 13.2. The Labute approximate surface area is 194 Å². The number of nitrogens with zero attached hydrogens (tertiary/aromatic N) is 4. The fraction of sp³-hybridized carbons (Fsp3) is 0.348. The number of hydrogen-bond donors (Lipinski definition) is 0. The maximum Gasteiger partial charge on any atom is 0.324 e. The van der Waals surface area contributed by atoms with Gasteiger partial charge in [-0.1, -0.05) is 11.3 Å². The molecule has 10 heteroatoms. The lowest BCUT2D eigenvalue weighted by Crippen LogP contribution is -2.38. The number of carbonyl (C=O) groups is 2. The Balaban J connectivity index is 1.46. The molecule has 33 heavy (non-hydrogen) atoms. The van der Waals surface area contributed by atoms with E-state index >= 15 is 0 Å². The van der Waals surface area contributed by atoms with Crippen molar-refractivity contribution in [3.8, 4) is 0 Å². The van der Waals surface area contributed by atoms with Gasteiger partial charge in [0.1, 0.15) is 5.76 Å². The Hall–Kier alpha value is -3.53. The first-order valence-corrected chi connectivity index (χ1v) is 11.4. The van der Waals surface area contributed by atoms with E-state index in [9.17, 15) is 19.7 Å². The third kappa shape index (κ3) is 4.95. The van der Waals surface area contributed by atoms with Crippen LogP contribution in [-0.2, 0) is 6.54 Å². The van der Waals surface area contributed by atoms with Crippen molar-refractivity contribution in [1.82, 2.24) is 14.8 Å². The highest BCUT2D eigenvalue weighted by Crippen LogP contribution is 2.32. The first kappa shape index (κ1) is 22.7. The standard InChI is InChI=1S/C23H24N4O5S/c1-15-5-6-18(22(28)25(2)14-17-4-3-13-32-17)21(24-15)16-9-11-26(12-10-16)23(29)19-7-8-20(33-19)27(30)31/h3-8,13,16H,9-12,14H2,1-2H3. The molecule has 0 atom stereocenters. The number of pyridine rings is 1. The van der Waals surface area contributed by atoms with Crippen molar-refractivity contribution < 1.29 is 18.9 Å². The average Bonchev–Trinajstić information content (AvgIpc) is 3.51. The zero-order valence-electron chi connectivity index (χ0n) is 18.4. The van der Waals surface area contributed by atoms with E-state index in [2.05, 4.69) is 0 Å². The third-order valence-corrected chi connectivity index (χ3v) is 6.79. The van der Waals surface area contributed by atoms with Gasteiger partial charge in [0.25, 0.3) is 11.8 Å². The number of thiophene rings is 1. The molecule has 3 aromatic rings. The molecule has 9 nitrogen and oxygen atoms in total. The molecule has 0 radical (unpaired) electrons. The van der Waals surface area contributed by atoms with E-state index in [0.717, 1.165) is 22.7 Å². The van der Waals surface area contributed by atoms with Crippen LogP contribution >= 0.6 is 11.3 Å². The number of hydrogen-bond acceptors (Lipinski definition) is 7. The molecule has 1 aliphatic heterocycles. The Kier molecular flexibility index (Phi) is 6.55. The monoisotopic (exact) mass is 468 g/mol. The second kappa shape index (κ2) is 9.53. The number of piperidine rings is 1. The second-order valence-corrected chi connectivity index (χ2v) is 9.15. The summed E-state index contributed by atoms with van der Waals surface area (Å²) in [6.45, 7) is 3.26. The summed E-state index contributed by atoms with van der Waals surface area (Å²) < 4.78 is 5.36. The Morgan fingerprint density at radius 2 is 2.00 bits per heavy atom. The number of aryl methyl sites for hydroxylation is 1. The van der Waals surface area contributed by atoms with Crippen molar-refractivity contribution in [3.63, 3.8) is 0 Å². The molecule has 172 valence electrons. The summed E-state index contributed by atoms with van der Waals surface area (Å²) in [5.41, 5.74) is 2.15. The van der Waals surface area contributed by atoms with Gasteiger partial charge in [-0.2, -0.15) is 0 Å². The van der Waals surface area contributed by atoms with Gasteiger partial charge in [-0.3, -0.25) is 24.7 Å². The lowest BCUT2D eigenvalue weighted by atomic mass is 9.89. The number of aromatic nitrogens is 1. The normalized spacial score (nSPS) is 14.3. The summed E-state index contributed by atoms with van der Waals surface area (Å²) in [6, 6.07) is 10.1. The maximum atomic E-state index is 13.2. The van der Waals surface area contributed by atoms with E-state index in [1.54, 1.807) is 29.2 Å². The molecule has 1 aliphatic rings. The summed E-state index contributed by atoms with van der Waals surface area (Å²) in [4.78, 5) is 44.8. The molecule has 1 fully saturated rings. The minimum atomic E-state index is -0.488. The SMILES string of the molecule is Cc1ccc(C(=O)N(C)Cc2ccco2)c(C2CCN(C(=O)c3ccc([N+](=O)[O-])s3)CC2)n1. The van der Waals surface area contributed by atoms with Gasteiger partial charge in [0.05, 0.1) is 33.9 Å². The van der Waals surface area contributed by atoms with Crippen LogP contribution in [0, 0.1) is 17.0 Å². The Bertz CT molecular complexity index is 1170. The van der Waals surface area contributed by atoms with E-state index in [1.165, 1.54) is 12.1 Å². The number of rotatable bonds is 6. The molecule has 0 aromatic carbocycles. The molecule has 0 unspecified atom stereocenters. The number of carbonyl (C=O) groups excluding carboxylic acids is 2. The molecular weight excluding hydrogens is 444 g/mol. The highest BCUT2D eigenvalue weighted by Gasteiger charge is 2.30. The van der Waals surface area contributed by atoms with Crippen LogP contribution in [0.1, 0.15) is 55.9 Å². The fourth-order valence-electron chi connectivity index (χ4n) is 4.04. The van der Waals surface area contributed by atoms with Crippen LogP contribution in [-0.4, -0.2) is 51.7 Å². The molecule has 0 saturated carbocycles. The van der Waals surface area contributed by atoms with Gasteiger partial charge < -0.3 is 14.2 Å². The summed E-state index contributed by atoms with van der Waals surface area (Å²) >= 11 is 0.892. The van der Waals surface area contributed by atoms with Gasteiger partial charge in [0.2, 0.25) is 0 Å². The fourth-order valence-corrected chi connectivity index (χ4v) is 4.82. The molecule has 0 aliphatic carbocycles. The minimum absolute atomic E-state index is 0.0426. The molecular formula is C23H24N4O5S. The first-order valence-electron chi connectivity index (χ1n) is 10.6. The van der Waals surface area contributed by atoms with Gasteiger partial charge in [0, 0.05) is 37.8 Å². The average molecular weight is 469 g/mol. The number of nitro groups is 1. The predicted molar refractivity (Wildman–Crippen MR) is 122 cm³/mol. The second-order valence-electron chi connectivity index (χ2n) is 8.09. The lowest BCUT2D eigenvalue weighted by Gasteiger charge is -2.32. The summed E-state index contributed by atoms with van der Waals surface area (Å²) in [5, 5.41) is 10.9. The van der Waals surface area contributed by atoms with Gasteiger partial charge in [-0.25, -0.2) is 0 Å². The molecule has 4 heterocycles. The largest absolute Gasteiger partial charge is 0.467 e. The topological polar surface area (TPSA) is 110 Å². The summed E-state index contributed by atoms with van der Waals surface area (Å²) in [5.74, 6) is 0.423. The van der Waals surface area contributed by atoms with Crippen molar-refractivity contribution >= 4 is 28.2 Å². The minimum Gasteiger partial charge on any atom is -0.467 e. The van der Waals surface area contributed by atoms with Gasteiger partial charge in [-0.05, 0) is 50.1 Å². The number of likely N-dealkylation sites (tertiary alicyclic amines) is 1. The third-order valence-electron chi connectivity index (χ3n) is 5.77. The quantitative estimate of drug-likeness (QED) is 0.395. The molecule has 2 amide bonds. The molecule has 4 rings (SSSR count). The first-order chi connectivity index (χ1) is 15.8. The number of furan rings is 1. The van der Waals surface area contributed by atoms with Crippen molar-refractivity contribution in [2.24, 2.45) is 0 Å². The molecule has 0 bridgehead atoms. The molecule has 0 spiro atoms. The van der Waals surface area contributed by atoms with Crippen molar-refractivity contribution in [3.05, 3.63) is 80.4 Å². The Morgan fingerprint density at radius 1 is 1.24 bits per heavy atom. The van der Waals surface area contributed by atoms with Gasteiger partial charge in [-0.15, -0.1) is 0 Å². The van der Waals surface area contributed by atoms with Crippen LogP contribution in [0.15, 0.2) is 47.1 Å². The van der Waals surface area contributed by atoms with E-state index in [1.807, 2.05) is 25.1 Å². The van der Waals surface area contributed by atoms with Gasteiger partial charge >= 0.3 is 5.00 Å². The van der Waals surface area contributed by atoms with E-state index in [-0.39, 0.29) is 22.7 Å². The van der Waals surface area contributed by atoms with Gasteiger partial charge in [0.15, 0.2) is 0 Å². The highest BCUT2D eigenvalue weighted by molar-refractivity contribution is 7.17. The van der Waals surface area contributed by atoms with Crippen LogP contribution in [0.2, 0.25) is 0 Å². The predicted octanol–water partition coefficient (Wildman–Crippen LogP) is 4.24. The van der Waals surface area contributed by atoms with E-state index in [4.69, 9.17) is 9.40 Å². The van der Waals surface area contributed by atoms with Crippen LogP contribution in [0.5, 0.6) is 0 Å². The number of amides is 2. The smallest absolute Gasteiger partial charge is 0.324 e. The van der Waals surface area contributed by atoms with E-state index in [0.29, 0.717) is 48.7 Å². The van der Waals surface area contributed by atoms with Crippen molar-refractivity contribution in [2.45, 2.75) is 32.2 Å². The zero-order chi connectivity index (χ0) is 23.5. The summed E-state index contributed by atoms with van der Waals surface area (Å²) in [6.07, 6.45) is 2.91. The van der Waals surface area contributed by atoms with Crippen LogP contribution in [0.25, 0.3) is 0 Å².